The minimum absolute atomic E-state index is 0.000487. The lowest BCUT2D eigenvalue weighted by molar-refractivity contribution is 0.0698. The molecule has 1 fully saturated rings. The first kappa shape index (κ1) is 22.9. The zero-order chi connectivity index (χ0) is 23.8. The Bertz CT molecular complexity index is 1190. The molecule has 0 spiro atoms. The maximum Gasteiger partial charge on any atom is 0.253 e. The zero-order valence-electron chi connectivity index (χ0n) is 20.1. The Kier molecular flexibility index (Phi) is 6.19. The third kappa shape index (κ3) is 5.05. The number of hydrogen-bond donors (Lipinski definition) is 1. The van der Waals surface area contributed by atoms with E-state index in [2.05, 4.69) is 36.1 Å². The van der Waals surface area contributed by atoms with Crippen LogP contribution in [0.4, 0.5) is 0 Å². The highest BCUT2D eigenvalue weighted by molar-refractivity contribution is 5.97. The number of carbonyl (C=O) groups is 2. The second kappa shape index (κ2) is 8.93. The molecular weight excluding hydrogens is 412 g/mol. The van der Waals surface area contributed by atoms with Crippen LogP contribution in [0.5, 0.6) is 0 Å². The molecule has 6 heteroatoms. The molecule has 4 rings (SSSR count). The number of rotatable bonds is 3. The molecule has 0 aliphatic carbocycles. The zero-order valence-corrected chi connectivity index (χ0v) is 20.1. The predicted molar refractivity (Wildman–Crippen MR) is 131 cm³/mol. The largest absolute Gasteiger partial charge is 0.349 e. The van der Waals surface area contributed by atoms with Crippen molar-refractivity contribution < 1.29 is 9.59 Å². The number of aryl methyl sites for hydroxylation is 2. The molecule has 2 heterocycles. The topological polar surface area (TPSA) is 75.2 Å². The molecule has 6 nitrogen and oxygen atoms in total. The molecule has 0 radical (unpaired) electrons. The van der Waals surface area contributed by atoms with E-state index in [4.69, 9.17) is 0 Å². The van der Waals surface area contributed by atoms with Crippen molar-refractivity contribution in [2.45, 2.75) is 58.9 Å². The summed E-state index contributed by atoms with van der Waals surface area (Å²) in [7, 11) is 0. The summed E-state index contributed by atoms with van der Waals surface area (Å²) in [5.41, 5.74) is 5.87. The second-order valence-corrected chi connectivity index (χ2v) is 9.97. The van der Waals surface area contributed by atoms with Gasteiger partial charge in [-0.15, -0.1) is 0 Å². The van der Waals surface area contributed by atoms with Crippen LogP contribution in [0.1, 0.15) is 71.3 Å². The summed E-state index contributed by atoms with van der Waals surface area (Å²) >= 11 is 0. The smallest absolute Gasteiger partial charge is 0.253 e. The third-order valence-electron chi connectivity index (χ3n) is 6.45. The van der Waals surface area contributed by atoms with Gasteiger partial charge in [-0.1, -0.05) is 32.9 Å². The Morgan fingerprint density at radius 3 is 2.06 bits per heavy atom. The number of nitrogens with zero attached hydrogens (tertiary/aromatic N) is 3. The molecule has 172 valence electrons. The van der Waals surface area contributed by atoms with Crippen molar-refractivity contribution >= 4 is 22.8 Å². The van der Waals surface area contributed by atoms with Gasteiger partial charge < -0.3 is 10.2 Å². The van der Waals surface area contributed by atoms with E-state index < -0.39 is 0 Å². The van der Waals surface area contributed by atoms with Gasteiger partial charge in [-0.3, -0.25) is 9.59 Å². The van der Waals surface area contributed by atoms with Crippen molar-refractivity contribution in [3.05, 3.63) is 70.5 Å². The van der Waals surface area contributed by atoms with Gasteiger partial charge in [0.05, 0.1) is 22.4 Å². The van der Waals surface area contributed by atoms with Gasteiger partial charge >= 0.3 is 0 Å². The Balaban J connectivity index is 1.35. The maximum absolute atomic E-state index is 13.0. The van der Waals surface area contributed by atoms with Crippen LogP contribution in [0.25, 0.3) is 11.0 Å². The lowest BCUT2D eigenvalue weighted by Crippen LogP contribution is -2.46. The van der Waals surface area contributed by atoms with Gasteiger partial charge in [-0.05, 0) is 68.0 Å². The first-order valence-corrected chi connectivity index (χ1v) is 11.6. The van der Waals surface area contributed by atoms with E-state index in [9.17, 15) is 9.59 Å². The van der Waals surface area contributed by atoms with Gasteiger partial charge in [0, 0.05) is 30.3 Å². The Hall–Kier alpha value is -3.28. The van der Waals surface area contributed by atoms with Gasteiger partial charge in [0.15, 0.2) is 0 Å². The minimum Gasteiger partial charge on any atom is -0.349 e. The third-order valence-corrected chi connectivity index (χ3v) is 6.45. The SMILES string of the molecule is Cc1nc2ccc(C(=O)N3CCC(NC(=O)c4ccc(C(C)(C)C)cc4)CC3)cc2nc1C. The Labute approximate surface area is 195 Å². The van der Waals surface area contributed by atoms with Crippen molar-refractivity contribution in [2.75, 3.05) is 13.1 Å². The summed E-state index contributed by atoms with van der Waals surface area (Å²) in [5, 5.41) is 3.13. The average molecular weight is 445 g/mol. The molecule has 0 saturated carbocycles. The molecule has 1 aliphatic heterocycles. The number of amides is 2. The van der Waals surface area contributed by atoms with Crippen LogP contribution in [-0.2, 0) is 5.41 Å². The van der Waals surface area contributed by atoms with Crippen molar-refractivity contribution in [1.82, 2.24) is 20.2 Å². The van der Waals surface area contributed by atoms with Crippen LogP contribution in [0.3, 0.4) is 0 Å². The van der Waals surface area contributed by atoms with Gasteiger partial charge in [0.2, 0.25) is 0 Å². The molecule has 1 aliphatic rings. The van der Waals surface area contributed by atoms with Crippen LogP contribution < -0.4 is 5.32 Å². The Morgan fingerprint density at radius 2 is 1.45 bits per heavy atom. The van der Waals surface area contributed by atoms with Crippen molar-refractivity contribution in [3.8, 4) is 0 Å². The van der Waals surface area contributed by atoms with Crippen LogP contribution in [0.15, 0.2) is 42.5 Å². The lowest BCUT2D eigenvalue weighted by atomic mass is 9.86. The van der Waals surface area contributed by atoms with E-state index in [1.165, 1.54) is 5.56 Å². The highest BCUT2D eigenvalue weighted by atomic mass is 16.2. The molecular formula is C27H32N4O2. The van der Waals surface area contributed by atoms with E-state index in [1.807, 2.05) is 61.2 Å². The van der Waals surface area contributed by atoms with Gasteiger partial charge in [-0.25, -0.2) is 9.97 Å². The van der Waals surface area contributed by atoms with Gasteiger partial charge in [0.25, 0.3) is 11.8 Å². The number of likely N-dealkylation sites (tertiary alicyclic amines) is 1. The van der Waals surface area contributed by atoms with Gasteiger partial charge in [-0.2, -0.15) is 0 Å². The fraction of sp³-hybridized carbons (Fsp3) is 0.407. The lowest BCUT2D eigenvalue weighted by Gasteiger charge is -2.32. The normalized spacial score (nSPS) is 15.0. The maximum atomic E-state index is 13.0. The summed E-state index contributed by atoms with van der Waals surface area (Å²) in [4.78, 5) is 36.7. The highest BCUT2D eigenvalue weighted by Crippen LogP contribution is 2.23. The molecule has 1 aromatic heterocycles. The van der Waals surface area contributed by atoms with Crippen LogP contribution >= 0.6 is 0 Å². The van der Waals surface area contributed by atoms with Crippen LogP contribution in [0.2, 0.25) is 0 Å². The Morgan fingerprint density at radius 1 is 0.879 bits per heavy atom. The van der Waals surface area contributed by atoms with Crippen LogP contribution in [0, 0.1) is 13.8 Å². The van der Waals surface area contributed by atoms with Gasteiger partial charge in [0.1, 0.15) is 0 Å². The minimum atomic E-state index is -0.0565. The van der Waals surface area contributed by atoms with E-state index in [-0.39, 0.29) is 23.3 Å². The number of carbonyl (C=O) groups excluding carboxylic acids is 2. The summed E-state index contributed by atoms with van der Waals surface area (Å²) in [6.07, 6.45) is 1.48. The first-order chi connectivity index (χ1) is 15.6. The van der Waals surface area contributed by atoms with E-state index in [0.717, 1.165) is 35.3 Å². The van der Waals surface area contributed by atoms with Crippen LogP contribution in [-0.4, -0.2) is 45.8 Å². The van der Waals surface area contributed by atoms with Crippen molar-refractivity contribution in [1.29, 1.82) is 0 Å². The number of aromatic nitrogens is 2. The molecule has 0 unspecified atom stereocenters. The number of nitrogens with one attached hydrogen (secondary N) is 1. The highest BCUT2D eigenvalue weighted by Gasteiger charge is 2.25. The van der Waals surface area contributed by atoms with E-state index >= 15 is 0 Å². The molecule has 0 atom stereocenters. The summed E-state index contributed by atoms with van der Waals surface area (Å²) in [5.74, 6) is -0.0570. The van der Waals surface area contributed by atoms with E-state index in [1.54, 1.807) is 0 Å². The van der Waals surface area contributed by atoms with Crippen molar-refractivity contribution in [2.24, 2.45) is 0 Å². The standard InChI is InChI=1S/C27H32N4O2/c1-17-18(2)29-24-16-20(8-11-23(24)28-17)26(33)31-14-12-22(13-15-31)30-25(32)19-6-9-21(10-7-19)27(3,4)5/h6-11,16,22H,12-15H2,1-5H3,(H,30,32). The molecule has 1 N–H and O–H groups in total. The molecule has 2 amide bonds. The molecule has 1 saturated heterocycles. The quantitative estimate of drug-likeness (QED) is 0.642. The fourth-order valence-corrected chi connectivity index (χ4v) is 4.16. The number of piperidine rings is 1. The monoisotopic (exact) mass is 444 g/mol. The first-order valence-electron chi connectivity index (χ1n) is 11.6. The molecule has 3 aromatic rings. The average Bonchev–Trinajstić information content (AvgIpc) is 2.79. The molecule has 0 bridgehead atoms. The number of benzene rings is 2. The fourth-order valence-electron chi connectivity index (χ4n) is 4.16. The summed E-state index contributed by atoms with van der Waals surface area (Å²) in [6, 6.07) is 13.4. The summed E-state index contributed by atoms with van der Waals surface area (Å²) in [6.45, 7) is 11.6. The number of fused-ring (bicyclic) bond motifs is 1. The second-order valence-electron chi connectivity index (χ2n) is 9.97. The summed E-state index contributed by atoms with van der Waals surface area (Å²) < 4.78 is 0. The molecule has 33 heavy (non-hydrogen) atoms. The number of hydrogen-bond acceptors (Lipinski definition) is 4. The van der Waals surface area contributed by atoms with E-state index in [0.29, 0.717) is 24.2 Å². The molecule has 2 aromatic carbocycles. The predicted octanol–water partition coefficient (Wildman–Crippen LogP) is 4.58. The van der Waals surface area contributed by atoms with Crippen molar-refractivity contribution in [3.63, 3.8) is 0 Å².